The van der Waals surface area contributed by atoms with Gasteiger partial charge in [0.25, 0.3) is 0 Å². The summed E-state index contributed by atoms with van der Waals surface area (Å²) in [7, 11) is 0. The van der Waals surface area contributed by atoms with Gasteiger partial charge in [-0.15, -0.1) is 0 Å². The van der Waals surface area contributed by atoms with E-state index in [1.54, 1.807) is 11.0 Å². The fourth-order valence-electron chi connectivity index (χ4n) is 4.79. The first-order valence-electron chi connectivity index (χ1n) is 12.4. The number of aliphatic hydroxyl groups excluding tert-OH is 1. The Bertz CT molecular complexity index is 1390. The maximum atomic E-state index is 13.8. The van der Waals surface area contributed by atoms with Gasteiger partial charge in [-0.3, -0.25) is 9.69 Å². The number of hydrogen-bond acceptors (Lipinski definition) is 5. The van der Waals surface area contributed by atoms with Crippen molar-refractivity contribution in [1.82, 2.24) is 4.98 Å². The van der Waals surface area contributed by atoms with E-state index >= 15 is 0 Å². The topological polar surface area (TPSA) is 71.9 Å². The number of anilines is 2. The van der Waals surface area contributed by atoms with Crippen LogP contribution in [-0.4, -0.2) is 22.6 Å². The van der Waals surface area contributed by atoms with Gasteiger partial charge in [-0.05, 0) is 54.7 Å². The number of rotatable bonds is 9. The van der Waals surface area contributed by atoms with E-state index in [1.165, 1.54) is 0 Å². The Balaban J connectivity index is 1.53. The molecule has 1 N–H and O–H groups in total. The summed E-state index contributed by atoms with van der Waals surface area (Å²) < 4.78 is 12.2. The van der Waals surface area contributed by atoms with Crippen LogP contribution in [0.4, 0.5) is 11.4 Å². The number of carbonyl (C=O) groups is 1. The Hall–Kier alpha value is -4.16. The average Bonchev–Trinajstić information content (AvgIpc) is 3.13. The van der Waals surface area contributed by atoms with Crippen molar-refractivity contribution in [3.05, 3.63) is 113 Å². The third-order valence-corrected chi connectivity index (χ3v) is 6.62. The van der Waals surface area contributed by atoms with E-state index in [4.69, 9.17) is 9.47 Å². The van der Waals surface area contributed by atoms with E-state index in [0.717, 1.165) is 27.9 Å². The molecule has 4 aromatic rings. The predicted octanol–water partition coefficient (Wildman–Crippen LogP) is 5.73. The molecule has 6 nitrogen and oxygen atoms in total. The highest BCUT2D eigenvalue weighted by molar-refractivity contribution is 6.13. The molecule has 0 saturated heterocycles. The van der Waals surface area contributed by atoms with Gasteiger partial charge in [0.05, 0.1) is 11.1 Å². The zero-order chi connectivity index (χ0) is 25.8. The molecule has 188 valence electrons. The van der Waals surface area contributed by atoms with Crippen molar-refractivity contribution in [3.63, 3.8) is 0 Å². The first kappa shape index (κ1) is 24.5. The number of pyridine rings is 1. The van der Waals surface area contributed by atoms with Crippen LogP contribution in [0.5, 0.6) is 11.8 Å². The van der Waals surface area contributed by atoms with Gasteiger partial charge in [0, 0.05) is 12.7 Å². The lowest BCUT2D eigenvalue weighted by molar-refractivity contribution is -0.121. The van der Waals surface area contributed by atoms with E-state index in [9.17, 15) is 9.90 Å². The smallest absolute Gasteiger partial charge is 0.242 e. The lowest BCUT2D eigenvalue weighted by Crippen LogP contribution is -2.33. The van der Waals surface area contributed by atoms with Crippen molar-refractivity contribution in [2.24, 2.45) is 0 Å². The van der Waals surface area contributed by atoms with Crippen LogP contribution in [0.3, 0.4) is 0 Å². The lowest BCUT2D eigenvalue weighted by atomic mass is 9.82. The molecule has 0 aliphatic carbocycles. The van der Waals surface area contributed by atoms with Crippen molar-refractivity contribution < 1.29 is 19.4 Å². The van der Waals surface area contributed by atoms with E-state index in [1.807, 2.05) is 98.8 Å². The first-order valence-corrected chi connectivity index (χ1v) is 12.4. The Morgan fingerprint density at radius 1 is 0.784 bits per heavy atom. The molecule has 2 heterocycles. The Kier molecular flexibility index (Phi) is 6.93. The molecule has 0 fully saturated rings. The summed E-state index contributed by atoms with van der Waals surface area (Å²) >= 11 is 0. The van der Waals surface area contributed by atoms with Gasteiger partial charge in [0.15, 0.2) is 0 Å². The number of hydrogen-bond donors (Lipinski definition) is 1. The normalized spacial score (nSPS) is 13.9. The molecule has 0 saturated carbocycles. The number of aliphatic hydroxyl groups is 1. The number of fused-ring (bicyclic) bond motifs is 1. The molecular formula is C31H30N2O4. The van der Waals surface area contributed by atoms with E-state index < -0.39 is 5.41 Å². The fraction of sp³-hybridized carbons (Fsp3) is 0.226. The van der Waals surface area contributed by atoms with Crippen molar-refractivity contribution >= 4 is 17.3 Å². The number of carbonyl (C=O) groups excluding carboxylic acids is 1. The van der Waals surface area contributed by atoms with Gasteiger partial charge in [-0.2, -0.15) is 4.98 Å². The summed E-state index contributed by atoms with van der Waals surface area (Å²) in [5.41, 5.74) is 4.48. The highest BCUT2D eigenvalue weighted by Gasteiger charge is 2.46. The summed E-state index contributed by atoms with van der Waals surface area (Å²) in [6.45, 7) is 4.52. The lowest BCUT2D eigenvalue weighted by Gasteiger charge is -2.23. The highest BCUT2D eigenvalue weighted by atomic mass is 16.5. The highest BCUT2D eigenvalue weighted by Crippen LogP contribution is 2.49. The van der Waals surface area contributed by atoms with Gasteiger partial charge in [0.2, 0.25) is 17.7 Å². The summed E-state index contributed by atoms with van der Waals surface area (Å²) in [6, 6.07) is 29.1. The second-order valence-corrected chi connectivity index (χ2v) is 9.57. The van der Waals surface area contributed by atoms with Gasteiger partial charge in [-0.25, -0.2) is 0 Å². The largest absolute Gasteiger partial charge is 0.473 e. The summed E-state index contributed by atoms with van der Waals surface area (Å²) in [4.78, 5) is 20.2. The van der Waals surface area contributed by atoms with Gasteiger partial charge >= 0.3 is 0 Å². The van der Waals surface area contributed by atoms with Crippen molar-refractivity contribution in [1.29, 1.82) is 0 Å². The van der Waals surface area contributed by atoms with Gasteiger partial charge < -0.3 is 14.6 Å². The number of aromatic nitrogens is 1. The molecule has 0 atom stereocenters. The van der Waals surface area contributed by atoms with Gasteiger partial charge in [-0.1, -0.05) is 72.8 Å². The molecule has 0 bridgehead atoms. The first-order chi connectivity index (χ1) is 18.0. The second kappa shape index (κ2) is 10.4. The number of amides is 1. The van der Waals surface area contributed by atoms with Crippen molar-refractivity contribution in [2.75, 3.05) is 11.5 Å². The Labute approximate surface area is 217 Å². The fourth-order valence-corrected chi connectivity index (χ4v) is 4.79. The van der Waals surface area contributed by atoms with Crippen LogP contribution in [0.15, 0.2) is 91.0 Å². The zero-order valence-corrected chi connectivity index (χ0v) is 21.1. The van der Waals surface area contributed by atoms with Crippen molar-refractivity contribution in [2.45, 2.75) is 38.9 Å². The number of ether oxygens (including phenoxy) is 2. The maximum Gasteiger partial charge on any atom is 0.242 e. The van der Waals surface area contributed by atoms with Crippen LogP contribution in [-0.2, 0) is 29.8 Å². The van der Waals surface area contributed by atoms with Crippen LogP contribution in [0, 0.1) is 0 Å². The minimum Gasteiger partial charge on any atom is -0.473 e. The quantitative estimate of drug-likeness (QED) is 0.322. The van der Waals surface area contributed by atoms with E-state index in [-0.39, 0.29) is 12.5 Å². The number of nitrogens with zero attached hydrogens (tertiary/aromatic N) is 2. The van der Waals surface area contributed by atoms with Crippen molar-refractivity contribution in [3.8, 4) is 11.8 Å². The molecule has 1 aliphatic rings. The minimum atomic E-state index is -0.764. The zero-order valence-electron chi connectivity index (χ0n) is 21.1. The van der Waals surface area contributed by atoms with Crippen LogP contribution >= 0.6 is 0 Å². The SMILES string of the molecule is CC1(C)C(=O)N(c2ccc(OCc3ccccc3)nc2OCc2ccccc2)c2cccc(CCO)c21. The molecule has 37 heavy (non-hydrogen) atoms. The summed E-state index contributed by atoms with van der Waals surface area (Å²) in [5, 5.41) is 9.61. The monoisotopic (exact) mass is 494 g/mol. The second-order valence-electron chi connectivity index (χ2n) is 9.57. The van der Waals surface area contributed by atoms with E-state index in [2.05, 4.69) is 4.98 Å². The average molecular weight is 495 g/mol. The molecule has 0 radical (unpaired) electrons. The molecule has 0 spiro atoms. The maximum absolute atomic E-state index is 13.8. The molecule has 1 aliphatic heterocycles. The standard InChI is InChI=1S/C31H30N2O4/c1-31(2)28-24(18-19-34)14-9-15-25(28)33(30(31)35)26-16-17-27(36-20-22-10-5-3-6-11-22)32-29(26)37-21-23-12-7-4-8-13-23/h3-17,34H,18-21H2,1-2H3. The van der Waals surface area contributed by atoms with Crippen LogP contribution in [0.1, 0.15) is 36.1 Å². The third-order valence-electron chi connectivity index (χ3n) is 6.62. The van der Waals surface area contributed by atoms with Crippen LogP contribution in [0.2, 0.25) is 0 Å². The summed E-state index contributed by atoms with van der Waals surface area (Å²) in [5.74, 6) is 0.659. The molecule has 1 amide bonds. The van der Waals surface area contributed by atoms with Crippen LogP contribution < -0.4 is 14.4 Å². The number of benzene rings is 3. The Morgan fingerprint density at radius 3 is 2.08 bits per heavy atom. The Morgan fingerprint density at radius 2 is 1.43 bits per heavy atom. The molecule has 5 rings (SSSR count). The predicted molar refractivity (Wildman–Crippen MR) is 143 cm³/mol. The molecular weight excluding hydrogens is 464 g/mol. The molecule has 1 aromatic heterocycles. The minimum absolute atomic E-state index is 0.0150. The van der Waals surface area contributed by atoms with E-state index in [0.29, 0.717) is 37.1 Å². The van der Waals surface area contributed by atoms with Gasteiger partial charge in [0.1, 0.15) is 18.9 Å². The third kappa shape index (κ3) is 4.93. The summed E-state index contributed by atoms with van der Waals surface area (Å²) in [6.07, 6.45) is 0.482. The molecule has 0 unspecified atom stereocenters. The molecule has 6 heteroatoms. The molecule has 3 aromatic carbocycles. The van der Waals surface area contributed by atoms with Crippen LogP contribution in [0.25, 0.3) is 0 Å².